The Morgan fingerprint density at radius 3 is 2.31 bits per heavy atom. The molecular formula is C17H12ClF6N5O2S. The van der Waals surface area contributed by atoms with E-state index < -0.39 is 47.1 Å². The molecule has 7 nitrogen and oxygen atoms in total. The van der Waals surface area contributed by atoms with Crippen LogP contribution in [0.4, 0.5) is 32.0 Å². The number of carbonyl (C=O) groups excluding carboxylic acids is 2. The van der Waals surface area contributed by atoms with Crippen LogP contribution in [0.2, 0.25) is 5.02 Å². The Morgan fingerprint density at radius 1 is 1.19 bits per heavy atom. The second-order valence-corrected chi connectivity index (χ2v) is 8.00. The van der Waals surface area contributed by atoms with Crippen molar-refractivity contribution < 1.29 is 35.9 Å². The number of hydrogen-bond donors (Lipinski definition) is 2. The first-order valence-electron chi connectivity index (χ1n) is 8.52. The summed E-state index contributed by atoms with van der Waals surface area (Å²) < 4.78 is 78.8. The number of amides is 2. The van der Waals surface area contributed by atoms with Gasteiger partial charge in [0.05, 0.1) is 16.4 Å². The summed E-state index contributed by atoms with van der Waals surface area (Å²) in [4.78, 5) is 27.4. The van der Waals surface area contributed by atoms with Crippen molar-refractivity contribution in [2.45, 2.75) is 32.7 Å². The van der Waals surface area contributed by atoms with Gasteiger partial charge in [0.2, 0.25) is 5.91 Å². The van der Waals surface area contributed by atoms with Crippen molar-refractivity contribution in [3.8, 4) is 0 Å². The Hall–Kier alpha value is -2.87. The molecule has 172 valence electrons. The number of carbonyl (C=O) groups is 2. The predicted molar refractivity (Wildman–Crippen MR) is 103 cm³/mol. The normalized spacial score (nSPS) is 12.4. The van der Waals surface area contributed by atoms with Crippen molar-refractivity contribution in [2.75, 3.05) is 5.32 Å². The molecule has 0 saturated heterocycles. The average Bonchev–Trinajstić information content (AvgIpc) is 3.14. The molecule has 0 bridgehead atoms. The number of fused-ring (bicyclic) bond motifs is 1. The van der Waals surface area contributed by atoms with E-state index in [9.17, 15) is 35.9 Å². The summed E-state index contributed by atoms with van der Waals surface area (Å²) in [5.74, 6) is -1.95. The van der Waals surface area contributed by atoms with Crippen molar-refractivity contribution in [2.24, 2.45) is 5.73 Å². The minimum absolute atomic E-state index is 0.0522. The highest BCUT2D eigenvalue weighted by molar-refractivity contribution is 7.21. The number of aryl methyl sites for hydroxylation is 1. The van der Waals surface area contributed by atoms with Gasteiger partial charge in [0.25, 0.3) is 5.91 Å². The number of primary amides is 1. The van der Waals surface area contributed by atoms with Crippen LogP contribution < -0.4 is 11.1 Å². The number of hydrogen-bond acceptors (Lipinski definition) is 5. The molecule has 0 spiro atoms. The summed E-state index contributed by atoms with van der Waals surface area (Å²) in [5, 5.41) is 4.99. The third-order valence-corrected chi connectivity index (χ3v) is 5.88. The molecule has 0 aliphatic rings. The summed E-state index contributed by atoms with van der Waals surface area (Å²) in [5.41, 5.74) is 2.45. The largest absolute Gasteiger partial charge is 0.436 e. The summed E-state index contributed by atoms with van der Waals surface area (Å²) in [6.07, 6.45) is -9.59. The molecule has 0 fully saturated rings. The Balaban J connectivity index is 2.01. The number of alkyl halides is 6. The second kappa shape index (κ2) is 7.92. The van der Waals surface area contributed by atoms with Crippen molar-refractivity contribution in [1.82, 2.24) is 14.8 Å². The molecule has 2 amide bonds. The highest BCUT2D eigenvalue weighted by atomic mass is 35.5. The highest BCUT2D eigenvalue weighted by Gasteiger charge is 2.38. The first-order valence-corrected chi connectivity index (χ1v) is 9.71. The lowest BCUT2D eigenvalue weighted by atomic mass is 10.1. The molecule has 0 atom stereocenters. The van der Waals surface area contributed by atoms with Gasteiger partial charge in [-0.25, -0.2) is 4.98 Å². The van der Waals surface area contributed by atoms with Gasteiger partial charge >= 0.3 is 12.4 Å². The smallest absolute Gasteiger partial charge is 0.365 e. The Morgan fingerprint density at radius 2 is 1.81 bits per heavy atom. The minimum Gasteiger partial charge on any atom is -0.365 e. The lowest BCUT2D eigenvalue weighted by molar-refractivity contribution is -0.142. The number of nitrogens with zero attached hydrogens (tertiary/aromatic N) is 3. The van der Waals surface area contributed by atoms with Gasteiger partial charge in [-0.1, -0.05) is 11.6 Å². The molecule has 15 heteroatoms. The van der Waals surface area contributed by atoms with Crippen LogP contribution in [0.5, 0.6) is 0 Å². The minimum atomic E-state index is -4.84. The summed E-state index contributed by atoms with van der Waals surface area (Å²) in [6.45, 7) is 1.82. The Bertz CT molecular complexity index is 1250. The van der Waals surface area contributed by atoms with E-state index in [4.69, 9.17) is 17.3 Å². The van der Waals surface area contributed by atoms with Crippen LogP contribution in [0.1, 0.15) is 32.3 Å². The number of anilines is 1. The van der Waals surface area contributed by atoms with Crippen LogP contribution >= 0.6 is 22.9 Å². The first-order chi connectivity index (χ1) is 14.6. The number of nitrogens with one attached hydrogen (secondary N) is 1. The second-order valence-electron chi connectivity index (χ2n) is 6.62. The van der Waals surface area contributed by atoms with E-state index in [0.717, 1.165) is 6.07 Å². The molecule has 0 aliphatic carbocycles. The number of thiophene rings is 1. The van der Waals surface area contributed by atoms with Crippen LogP contribution in [0.15, 0.2) is 6.07 Å². The lowest BCUT2D eigenvalue weighted by Crippen LogP contribution is -2.22. The van der Waals surface area contributed by atoms with E-state index in [0.29, 0.717) is 16.0 Å². The standard InChI is InChI=1S/C17H12ClF6N5O2S/c1-5-3-7(16(19,20)21)26-15-9(5)11(12(32-15)14(25)31)27-8(30)4-29-6(2)10(18)13(28-29)17(22,23)24/h3H,4H2,1-2H3,(H2,25,31)(H,27,30). The molecule has 3 heterocycles. The van der Waals surface area contributed by atoms with Gasteiger partial charge in [-0.15, -0.1) is 11.3 Å². The highest BCUT2D eigenvalue weighted by Crippen LogP contribution is 2.40. The maximum atomic E-state index is 13.1. The van der Waals surface area contributed by atoms with Crippen molar-refractivity contribution >= 4 is 50.7 Å². The molecule has 0 saturated carbocycles. The number of rotatable bonds is 4. The van der Waals surface area contributed by atoms with Gasteiger partial charge < -0.3 is 11.1 Å². The maximum absolute atomic E-state index is 13.1. The molecule has 0 aliphatic heterocycles. The van der Waals surface area contributed by atoms with Crippen LogP contribution in [0.3, 0.4) is 0 Å². The number of pyridine rings is 1. The van der Waals surface area contributed by atoms with Crippen LogP contribution in [0.25, 0.3) is 10.2 Å². The molecule has 3 aromatic heterocycles. The van der Waals surface area contributed by atoms with Crippen LogP contribution in [-0.2, 0) is 23.7 Å². The van der Waals surface area contributed by atoms with E-state index in [1.54, 1.807) is 0 Å². The molecule has 3 aromatic rings. The molecule has 3 N–H and O–H groups in total. The van der Waals surface area contributed by atoms with Gasteiger partial charge in [-0.05, 0) is 25.5 Å². The zero-order valence-corrected chi connectivity index (χ0v) is 17.6. The topological polar surface area (TPSA) is 103 Å². The molecule has 0 unspecified atom stereocenters. The van der Waals surface area contributed by atoms with Gasteiger partial charge in [0.15, 0.2) is 5.69 Å². The van der Waals surface area contributed by atoms with E-state index >= 15 is 0 Å². The maximum Gasteiger partial charge on any atom is 0.436 e. The first kappa shape index (κ1) is 23.8. The summed E-state index contributed by atoms with van der Waals surface area (Å²) in [6, 6.07) is 0.739. The van der Waals surface area contributed by atoms with Gasteiger partial charge in [0.1, 0.15) is 21.9 Å². The van der Waals surface area contributed by atoms with Crippen molar-refractivity contribution in [3.05, 3.63) is 38.6 Å². The summed E-state index contributed by atoms with van der Waals surface area (Å²) in [7, 11) is 0. The zero-order chi connectivity index (χ0) is 24.2. The van der Waals surface area contributed by atoms with Gasteiger partial charge in [-0.3, -0.25) is 14.3 Å². The SMILES string of the molecule is Cc1cc(C(F)(F)F)nc2sc(C(N)=O)c(NC(=O)Cn3nc(C(F)(F)F)c(Cl)c3C)c12. The van der Waals surface area contributed by atoms with Crippen molar-refractivity contribution in [1.29, 1.82) is 0 Å². The molecule has 0 aromatic carbocycles. The van der Waals surface area contributed by atoms with E-state index in [2.05, 4.69) is 15.4 Å². The average molecular weight is 500 g/mol. The number of nitrogens with two attached hydrogens (primary N) is 1. The third-order valence-electron chi connectivity index (χ3n) is 4.33. The predicted octanol–water partition coefficient (Wildman–Crippen LogP) is 4.54. The van der Waals surface area contributed by atoms with E-state index in [1.165, 1.54) is 13.8 Å². The third kappa shape index (κ3) is 4.37. The summed E-state index contributed by atoms with van der Waals surface area (Å²) >= 11 is 6.19. The number of aromatic nitrogens is 3. The Labute approximate surface area is 184 Å². The fraction of sp³-hybridized carbons (Fsp3) is 0.294. The fourth-order valence-electron chi connectivity index (χ4n) is 2.89. The monoisotopic (exact) mass is 499 g/mol. The van der Waals surface area contributed by atoms with Crippen LogP contribution in [-0.4, -0.2) is 26.6 Å². The van der Waals surface area contributed by atoms with Crippen molar-refractivity contribution in [3.63, 3.8) is 0 Å². The molecular weight excluding hydrogens is 488 g/mol. The fourth-order valence-corrected chi connectivity index (χ4v) is 4.20. The molecule has 32 heavy (non-hydrogen) atoms. The quantitative estimate of drug-likeness (QED) is 0.514. The van der Waals surface area contributed by atoms with E-state index in [-0.39, 0.29) is 32.0 Å². The van der Waals surface area contributed by atoms with Gasteiger partial charge in [0, 0.05) is 5.39 Å². The molecule has 0 radical (unpaired) electrons. The number of halogens is 7. The molecule has 3 rings (SSSR count). The van der Waals surface area contributed by atoms with Gasteiger partial charge in [-0.2, -0.15) is 31.4 Å². The zero-order valence-electron chi connectivity index (χ0n) is 16.1. The van der Waals surface area contributed by atoms with Crippen LogP contribution in [0, 0.1) is 13.8 Å². The van der Waals surface area contributed by atoms with E-state index in [1.807, 2.05) is 0 Å². The Kier molecular flexibility index (Phi) is 5.89. The lowest BCUT2D eigenvalue weighted by Gasteiger charge is -2.10.